The van der Waals surface area contributed by atoms with Crippen molar-refractivity contribution in [2.75, 3.05) is 5.32 Å². The Morgan fingerprint density at radius 3 is 2.74 bits per heavy atom. The monoisotopic (exact) mass is 336 g/mol. The fraction of sp³-hybridized carbons (Fsp3) is 0.0714. The predicted molar refractivity (Wildman–Crippen MR) is 81.0 cm³/mol. The van der Waals surface area contributed by atoms with Crippen LogP contribution in [0.2, 0.25) is 0 Å². The molecule has 0 fully saturated rings. The number of halogens is 2. The van der Waals surface area contributed by atoms with E-state index in [4.69, 9.17) is 0 Å². The molecule has 0 amide bonds. The van der Waals surface area contributed by atoms with Gasteiger partial charge in [0.1, 0.15) is 5.82 Å². The van der Waals surface area contributed by atoms with E-state index in [1.54, 1.807) is 6.07 Å². The average Bonchev–Trinajstić information content (AvgIpc) is 2.80. The van der Waals surface area contributed by atoms with Crippen molar-refractivity contribution in [3.8, 4) is 0 Å². The summed E-state index contributed by atoms with van der Waals surface area (Å²) in [6.45, 7) is 0.704. The Morgan fingerprint density at radius 1 is 1.16 bits per heavy atom. The summed E-state index contributed by atoms with van der Waals surface area (Å²) in [7, 11) is 0. The van der Waals surface area contributed by atoms with Gasteiger partial charge in [0.25, 0.3) is 0 Å². The fourth-order valence-corrected chi connectivity index (χ4v) is 2.86. The lowest BCUT2D eigenvalue weighted by Crippen LogP contribution is -1.98. The average molecular weight is 337 g/mol. The summed E-state index contributed by atoms with van der Waals surface area (Å²) >= 11 is 4.94. The molecule has 0 radical (unpaired) electrons. The molecule has 0 saturated heterocycles. The number of hydrogen-bond donors (Lipinski definition) is 1. The lowest BCUT2D eigenvalue weighted by Gasteiger charge is -2.02. The molecule has 96 valence electrons. The van der Waals surface area contributed by atoms with Crippen molar-refractivity contribution < 1.29 is 4.39 Å². The second-order valence-corrected chi connectivity index (χ2v) is 6.06. The Hall–Kier alpha value is -1.46. The number of anilines is 1. The third kappa shape index (κ3) is 2.93. The van der Waals surface area contributed by atoms with Crippen molar-refractivity contribution in [1.82, 2.24) is 4.98 Å². The summed E-state index contributed by atoms with van der Waals surface area (Å²) in [4.78, 5) is 4.36. The topological polar surface area (TPSA) is 24.9 Å². The van der Waals surface area contributed by atoms with Gasteiger partial charge < -0.3 is 5.32 Å². The van der Waals surface area contributed by atoms with Crippen LogP contribution in [0.15, 0.2) is 46.9 Å². The molecule has 0 saturated carbocycles. The van der Waals surface area contributed by atoms with Crippen LogP contribution in [-0.4, -0.2) is 4.98 Å². The molecule has 1 heterocycles. The number of nitrogens with one attached hydrogen (secondary N) is 1. The first-order valence-electron chi connectivity index (χ1n) is 5.75. The highest BCUT2D eigenvalue weighted by Crippen LogP contribution is 2.26. The van der Waals surface area contributed by atoms with Gasteiger partial charge in [-0.3, -0.25) is 0 Å². The molecule has 0 aliphatic rings. The van der Waals surface area contributed by atoms with Gasteiger partial charge in [-0.25, -0.2) is 9.37 Å². The predicted octanol–water partition coefficient (Wildman–Crippen LogP) is 4.81. The summed E-state index contributed by atoms with van der Waals surface area (Å²) < 4.78 is 15.1. The first-order valence-corrected chi connectivity index (χ1v) is 7.36. The molecule has 2 nitrogen and oxygen atoms in total. The van der Waals surface area contributed by atoms with Crippen molar-refractivity contribution in [2.24, 2.45) is 0 Å². The minimum atomic E-state index is -0.253. The summed E-state index contributed by atoms with van der Waals surface area (Å²) in [6.07, 6.45) is 0. The van der Waals surface area contributed by atoms with Gasteiger partial charge >= 0.3 is 0 Å². The van der Waals surface area contributed by atoms with E-state index in [1.165, 1.54) is 29.0 Å². The van der Waals surface area contributed by atoms with Crippen LogP contribution >= 0.6 is 27.3 Å². The molecule has 2 aromatic carbocycles. The van der Waals surface area contributed by atoms with E-state index in [-0.39, 0.29) is 5.82 Å². The molecule has 3 rings (SSSR count). The molecule has 0 unspecified atom stereocenters. The zero-order chi connectivity index (χ0) is 13.2. The largest absolute Gasteiger partial charge is 0.357 e. The Labute approximate surface area is 122 Å². The minimum absolute atomic E-state index is 0.253. The molecule has 3 aromatic rings. The maximum Gasteiger partial charge on any atom is 0.184 e. The number of nitrogens with zero attached hydrogens (tertiary/aromatic N) is 1. The molecule has 0 aliphatic carbocycles. The van der Waals surface area contributed by atoms with E-state index >= 15 is 0 Å². The Bertz CT molecular complexity index is 709. The second-order valence-electron chi connectivity index (χ2n) is 4.11. The second kappa shape index (κ2) is 5.27. The van der Waals surface area contributed by atoms with Gasteiger partial charge in [-0.15, -0.1) is 0 Å². The molecule has 0 bridgehead atoms. The van der Waals surface area contributed by atoms with E-state index in [2.05, 4.69) is 26.2 Å². The molecular weight excluding hydrogens is 327 g/mol. The van der Waals surface area contributed by atoms with Crippen LogP contribution in [0.5, 0.6) is 0 Å². The summed E-state index contributed by atoms with van der Waals surface area (Å²) in [6, 6.07) is 12.8. The Balaban J connectivity index is 1.76. The molecule has 1 N–H and O–H groups in total. The molecule has 1 aromatic heterocycles. The van der Waals surface area contributed by atoms with Crippen LogP contribution < -0.4 is 5.32 Å². The maximum atomic E-state index is 13.1. The van der Waals surface area contributed by atoms with E-state index in [0.29, 0.717) is 12.1 Å². The molecule has 0 aliphatic heterocycles. The SMILES string of the molecule is Fc1ccc2sc(NCc3ccc(Br)cc3)nc2c1. The summed E-state index contributed by atoms with van der Waals surface area (Å²) in [5, 5.41) is 4.07. The van der Waals surface area contributed by atoms with Crippen molar-refractivity contribution in [1.29, 1.82) is 0 Å². The van der Waals surface area contributed by atoms with Crippen LogP contribution in [0.25, 0.3) is 10.2 Å². The quantitative estimate of drug-likeness (QED) is 0.742. The molecular formula is C14H10BrFN2S. The number of benzene rings is 2. The highest BCUT2D eigenvalue weighted by atomic mass is 79.9. The van der Waals surface area contributed by atoms with Gasteiger partial charge in [0.15, 0.2) is 5.13 Å². The van der Waals surface area contributed by atoms with Crippen molar-refractivity contribution in [3.05, 3.63) is 58.3 Å². The van der Waals surface area contributed by atoms with Crippen LogP contribution in [0.1, 0.15) is 5.56 Å². The van der Waals surface area contributed by atoms with Gasteiger partial charge in [0, 0.05) is 17.1 Å². The lowest BCUT2D eigenvalue weighted by molar-refractivity contribution is 0.629. The van der Waals surface area contributed by atoms with E-state index in [1.807, 2.05) is 24.3 Å². The van der Waals surface area contributed by atoms with E-state index in [9.17, 15) is 4.39 Å². The van der Waals surface area contributed by atoms with Crippen molar-refractivity contribution in [2.45, 2.75) is 6.54 Å². The number of rotatable bonds is 3. The van der Waals surface area contributed by atoms with Gasteiger partial charge in [0.05, 0.1) is 10.2 Å². The van der Waals surface area contributed by atoms with Crippen LogP contribution in [0.3, 0.4) is 0 Å². The first kappa shape index (κ1) is 12.6. The highest BCUT2D eigenvalue weighted by Gasteiger charge is 2.04. The molecule has 0 atom stereocenters. The smallest absolute Gasteiger partial charge is 0.184 e. The number of aromatic nitrogens is 1. The van der Waals surface area contributed by atoms with Gasteiger partial charge in [-0.1, -0.05) is 39.4 Å². The zero-order valence-electron chi connectivity index (χ0n) is 9.86. The van der Waals surface area contributed by atoms with Crippen LogP contribution in [0.4, 0.5) is 9.52 Å². The lowest BCUT2D eigenvalue weighted by atomic mass is 10.2. The third-order valence-electron chi connectivity index (χ3n) is 2.71. The first-order chi connectivity index (χ1) is 9.20. The highest BCUT2D eigenvalue weighted by molar-refractivity contribution is 9.10. The number of hydrogen-bond acceptors (Lipinski definition) is 3. The molecule has 0 spiro atoms. The number of thiazole rings is 1. The summed E-state index contributed by atoms with van der Waals surface area (Å²) in [5.74, 6) is -0.253. The van der Waals surface area contributed by atoms with Crippen molar-refractivity contribution >= 4 is 42.6 Å². The fourth-order valence-electron chi connectivity index (χ4n) is 1.76. The third-order valence-corrected chi connectivity index (χ3v) is 4.23. The Kier molecular flexibility index (Phi) is 3.48. The van der Waals surface area contributed by atoms with Gasteiger partial charge in [0.2, 0.25) is 0 Å². The Morgan fingerprint density at radius 2 is 1.95 bits per heavy atom. The minimum Gasteiger partial charge on any atom is -0.357 e. The van der Waals surface area contributed by atoms with Crippen molar-refractivity contribution in [3.63, 3.8) is 0 Å². The van der Waals surface area contributed by atoms with Crippen LogP contribution in [0, 0.1) is 5.82 Å². The maximum absolute atomic E-state index is 13.1. The van der Waals surface area contributed by atoms with E-state index in [0.717, 1.165) is 14.3 Å². The normalized spacial score (nSPS) is 10.8. The van der Waals surface area contributed by atoms with Gasteiger partial charge in [-0.2, -0.15) is 0 Å². The van der Waals surface area contributed by atoms with Crippen LogP contribution in [-0.2, 0) is 6.54 Å². The molecule has 5 heteroatoms. The summed E-state index contributed by atoms with van der Waals surface area (Å²) in [5.41, 5.74) is 1.87. The van der Waals surface area contributed by atoms with E-state index < -0.39 is 0 Å². The molecule has 19 heavy (non-hydrogen) atoms. The zero-order valence-corrected chi connectivity index (χ0v) is 12.3. The standard InChI is InChI=1S/C14H10BrFN2S/c15-10-3-1-9(2-4-10)8-17-14-18-12-7-11(16)5-6-13(12)19-14/h1-7H,8H2,(H,17,18). The number of fused-ring (bicyclic) bond motifs is 1. The van der Waals surface area contributed by atoms with Gasteiger partial charge in [-0.05, 0) is 29.8 Å².